The number of hydrogen-bond donors (Lipinski definition) is 0. The van der Waals surface area contributed by atoms with Crippen LogP contribution in [0.1, 0.15) is 13.3 Å². The molecule has 0 spiro atoms. The fourth-order valence-electron chi connectivity index (χ4n) is 1.08. The van der Waals surface area contributed by atoms with Crippen molar-refractivity contribution in [2.24, 2.45) is 0 Å². The molecule has 14 heavy (non-hydrogen) atoms. The molecule has 0 N–H and O–H groups in total. The van der Waals surface area contributed by atoms with Gasteiger partial charge in [-0.3, -0.25) is 0 Å². The van der Waals surface area contributed by atoms with Crippen molar-refractivity contribution in [3.05, 3.63) is 24.3 Å². The summed E-state index contributed by atoms with van der Waals surface area (Å²) in [5.41, 5.74) is 0. The van der Waals surface area contributed by atoms with E-state index in [0.29, 0.717) is 0 Å². The first-order valence-corrected chi connectivity index (χ1v) is 6.65. The van der Waals surface area contributed by atoms with Crippen molar-refractivity contribution >= 4 is 8.80 Å². The summed E-state index contributed by atoms with van der Waals surface area (Å²) in [5, 5.41) is 0. The molecule has 0 saturated heterocycles. The maximum absolute atomic E-state index is 5.08. The maximum atomic E-state index is 5.08. The van der Waals surface area contributed by atoms with E-state index >= 15 is 0 Å². The minimum absolute atomic E-state index is 0.816. The highest BCUT2D eigenvalue weighted by Gasteiger charge is 2.34. The topological polar surface area (TPSA) is 27.7 Å². The second kappa shape index (κ2) is 7.93. The molecule has 0 saturated carbocycles. The van der Waals surface area contributed by atoms with E-state index in [4.69, 9.17) is 13.3 Å². The first-order valence-electron chi connectivity index (χ1n) is 4.71. The molecule has 0 fully saturated rings. The van der Waals surface area contributed by atoms with Crippen molar-refractivity contribution in [1.82, 2.24) is 0 Å². The molecule has 3 nitrogen and oxygen atoms in total. The molecule has 0 unspecified atom stereocenters. The molecule has 0 aromatic carbocycles. The molecule has 0 heterocycles. The summed E-state index contributed by atoms with van der Waals surface area (Å²) in [5.74, 6) is 0. The second-order valence-corrected chi connectivity index (χ2v) is 6.04. The number of hydrogen-bond acceptors (Lipinski definition) is 3. The van der Waals surface area contributed by atoms with Crippen molar-refractivity contribution in [2.45, 2.75) is 19.4 Å². The summed E-state index contributed by atoms with van der Waals surface area (Å²) >= 11 is 0. The van der Waals surface area contributed by atoms with Crippen molar-refractivity contribution in [3.8, 4) is 0 Å². The predicted molar refractivity (Wildman–Crippen MR) is 60.2 cm³/mol. The van der Waals surface area contributed by atoms with Gasteiger partial charge in [0.2, 0.25) is 0 Å². The molecular weight excluding hydrogens is 196 g/mol. The molecule has 4 heteroatoms. The van der Waals surface area contributed by atoms with Crippen molar-refractivity contribution in [3.63, 3.8) is 0 Å². The molecule has 82 valence electrons. The summed E-state index contributed by atoms with van der Waals surface area (Å²) in [6.07, 6.45) is 9.50. The largest absolute Gasteiger partial charge is 0.499 e. The molecule has 0 amide bonds. The van der Waals surface area contributed by atoms with E-state index in [1.165, 1.54) is 0 Å². The number of rotatable bonds is 4. The third kappa shape index (κ3) is 4.71. The van der Waals surface area contributed by atoms with Gasteiger partial charge in [-0.15, -0.1) is 0 Å². The van der Waals surface area contributed by atoms with Crippen LogP contribution in [-0.4, -0.2) is 30.1 Å². The Balaban J connectivity index is 0.000000280. The van der Waals surface area contributed by atoms with Crippen LogP contribution < -0.4 is 0 Å². The number of allylic oxidation sites excluding steroid dienone is 4. The van der Waals surface area contributed by atoms with Crippen LogP contribution in [-0.2, 0) is 13.3 Å². The van der Waals surface area contributed by atoms with Crippen LogP contribution >= 0.6 is 0 Å². The van der Waals surface area contributed by atoms with E-state index in [1.54, 1.807) is 21.3 Å². The van der Waals surface area contributed by atoms with Gasteiger partial charge in [0, 0.05) is 27.4 Å². The Morgan fingerprint density at radius 3 is 1.50 bits per heavy atom. The third-order valence-electron chi connectivity index (χ3n) is 2.02. The van der Waals surface area contributed by atoms with Gasteiger partial charge >= 0.3 is 8.80 Å². The van der Waals surface area contributed by atoms with Crippen LogP contribution in [0.3, 0.4) is 0 Å². The molecule has 0 bridgehead atoms. The molecule has 0 aliphatic heterocycles. The predicted octanol–water partition coefficient (Wildman–Crippen LogP) is 2.39. The van der Waals surface area contributed by atoms with Crippen molar-refractivity contribution in [1.29, 1.82) is 0 Å². The Bertz CT molecular complexity index is 158. The van der Waals surface area contributed by atoms with E-state index in [0.717, 1.165) is 12.5 Å². The third-order valence-corrected chi connectivity index (χ3v) is 4.75. The Hall–Kier alpha value is -0.423. The average molecular weight is 216 g/mol. The molecule has 1 aliphatic carbocycles. The normalized spacial score (nSPS) is 14.0. The minimum atomic E-state index is -2.19. The fourth-order valence-corrected chi connectivity index (χ4v) is 2.44. The first-order chi connectivity index (χ1) is 6.74. The molecule has 0 aromatic heterocycles. The highest BCUT2D eigenvalue weighted by Crippen LogP contribution is 2.10. The van der Waals surface area contributed by atoms with Crippen LogP contribution in [0.5, 0.6) is 0 Å². The van der Waals surface area contributed by atoms with E-state index in [9.17, 15) is 0 Å². The van der Waals surface area contributed by atoms with Gasteiger partial charge in [-0.05, 0) is 6.42 Å². The van der Waals surface area contributed by atoms with Crippen molar-refractivity contribution < 1.29 is 13.3 Å². The van der Waals surface area contributed by atoms with E-state index in [1.807, 2.05) is 6.92 Å². The van der Waals surface area contributed by atoms with E-state index in [-0.39, 0.29) is 0 Å². The molecule has 0 atom stereocenters. The molecular formula is C10H20O3Si. The maximum Gasteiger partial charge on any atom is 0.499 e. The Kier molecular flexibility index (Phi) is 7.69. The Morgan fingerprint density at radius 1 is 1.00 bits per heavy atom. The lowest BCUT2D eigenvalue weighted by Gasteiger charge is -2.22. The SMILES string of the molecule is C1=CCC=C1.CC[Si](OC)(OC)OC. The minimum Gasteiger partial charge on any atom is -0.377 e. The molecule has 1 aliphatic rings. The van der Waals surface area contributed by atoms with Crippen LogP contribution in [0.4, 0.5) is 0 Å². The van der Waals surface area contributed by atoms with Crippen LogP contribution in [0.15, 0.2) is 24.3 Å². The summed E-state index contributed by atoms with van der Waals surface area (Å²) in [6.45, 7) is 1.99. The zero-order valence-corrected chi connectivity index (χ0v) is 10.4. The lowest BCUT2D eigenvalue weighted by atomic mass is 10.5. The van der Waals surface area contributed by atoms with Crippen LogP contribution in [0, 0.1) is 0 Å². The van der Waals surface area contributed by atoms with E-state index in [2.05, 4.69) is 24.3 Å². The Labute approximate surface area is 87.7 Å². The highest BCUT2D eigenvalue weighted by atomic mass is 28.4. The van der Waals surface area contributed by atoms with Gasteiger partial charge in [0.25, 0.3) is 0 Å². The van der Waals surface area contributed by atoms with Crippen LogP contribution in [0.2, 0.25) is 6.04 Å². The summed E-state index contributed by atoms with van der Waals surface area (Å²) in [6, 6.07) is 0.816. The Morgan fingerprint density at radius 2 is 1.43 bits per heavy atom. The second-order valence-electron chi connectivity index (χ2n) is 2.74. The smallest absolute Gasteiger partial charge is 0.377 e. The fraction of sp³-hybridized carbons (Fsp3) is 0.600. The molecule has 1 rings (SSSR count). The molecule has 0 aromatic rings. The average Bonchev–Trinajstić information content (AvgIpc) is 2.80. The molecule has 0 radical (unpaired) electrons. The lowest BCUT2D eigenvalue weighted by molar-refractivity contribution is 0.125. The zero-order valence-electron chi connectivity index (χ0n) is 9.45. The van der Waals surface area contributed by atoms with Gasteiger partial charge in [-0.25, -0.2) is 0 Å². The quantitative estimate of drug-likeness (QED) is 0.675. The van der Waals surface area contributed by atoms with Crippen molar-refractivity contribution in [2.75, 3.05) is 21.3 Å². The highest BCUT2D eigenvalue weighted by molar-refractivity contribution is 6.60. The lowest BCUT2D eigenvalue weighted by Crippen LogP contribution is -2.41. The van der Waals surface area contributed by atoms with Gasteiger partial charge in [-0.2, -0.15) is 0 Å². The summed E-state index contributed by atoms with van der Waals surface area (Å²) in [4.78, 5) is 0. The van der Waals surface area contributed by atoms with Gasteiger partial charge in [0.15, 0.2) is 0 Å². The summed E-state index contributed by atoms with van der Waals surface area (Å²) in [7, 11) is 2.65. The van der Waals surface area contributed by atoms with Gasteiger partial charge < -0.3 is 13.3 Å². The summed E-state index contributed by atoms with van der Waals surface area (Å²) < 4.78 is 15.2. The monoisotopic (exact) mass is 216 g/mol. The first kappa shape index (κ1) is 13.6. The van der Waals surface area contributed by atoms with Gasteiger partial charge in [0.1, 0.15) is 0 Å². The van der Waals surface area contributed by atoms with Gasteiger partial charge in [0.05, 0.1) is 0 Å². The van der Waals surface area contributed by atoms with Gasteiger partial charge in [-0.1, -0.05) is 31.2 Å². The standard InChI is InChI=1S/C5H14O3Si.C5H6/c1-5-9(6-2,7-3)8-4;1-2-4-5-3-1/h5H2,1-4H3;1-4H,5H2. The van der Waals surface area contributed by atoms with Crippen LogP contribution in [0.25, 0.3) is 0 Å². The van der Waals surface area contributed by atoms with E-state index < -0.39 is 8.80 Å². The zero-order chi connectivity index (χ0) is 10.9.